The summed E-state index contributed by atoms with van der Waals surface area (Å²) in [5, 5.41) is 6.16. The molecular formula is C14H22N2O2. The predicted octanol–water partition coefficient (Wildman–Crippen LogP) is 2.16. The largest absolute Gasteiger partial charge is 0.372 e. The minimum absolute atomic E-state index is 0.129. The van der Waals surface area contributed by atoms with Crippen molar-refractivity contribution in [2.45, 2.75) is 32.9 Å². The number of carbonyl (C=O) groups excluding carboxylic acids is 1. The fourth-order valence-electron chi connectivity index (χ4n) is 1.52. The van der Waals surface area contributed by atoms with Gasteiger partial charge in [-0.2, -0.15) is 0 Å². The zero-order valence-electron chi connectivity index (χ0n) is 11.3. The number of methoxy groups -OCH3 is 1. The van der Waals surface area contributed by atoms with Crippen molar-refractivity contribution in [3.63, 3.8) is 0 Å². The van der Waals surface area contributed by atoms with Crippen LogP contribution in [0, 0.1) is 0 Å². The first-order valence-electron chi connectivity index (χ1n) is 6.30. The van der Waals surface area contributed by atoms with Gasteiger partial charge in [0, 0.05) is 19.3 Å². The molecule has 0 spiro atoms. The molecule has 2 N–H and O–H groups in total. The van der Waals surface area contributed by atoms with Gasteiger partial charge in [0.25, 0.3) is 5.91 Å². The summed E-state index contributed by atoms with van der Waals surface area (Å²) < 4.78 is 4.97. The summed E-state index contributed by atoms with van der Waals surface area (Å²) in [7, 11) is 1.52. The van der Waals surface area contributed by atoms with Gasteiger partial charge in [-0.15, -0.1) is 0 Å². The monoisotopic (exact) mass is 250 g/mol. The van der Waals surface area contributed by atoms with E-state index in [0.29, 0.717) is 0 Å². The zero-order chi connectivity index (χ0) is 13.4. The number of benzene rings is 1. The van der Waals surface area contributed by atoms with Gasteiger partial charge in [-0.25, -0.2) is 0 Å². The van der Waals surface area contributed by atoms with E-state index < -0.39 is 6.10 Å². The average Bonchev–Trinajstić information content (AvgIpc) is 2.38. The standard InChI is InChI=1S/C14H22N2O2/c1-4-8-15-10-12-6-5-7-13(9-12)16-14(17)11(2)18-3/h5-7,9,11,15H,4,8,10H2,1-3H3,(H,16,17). The molecule has 100 valence electrons. The van der Waals surface area contributed by atoms with Gasteiger partial charge >= 0.3 is 0 Å². The van der Waals surface area contributed by atoms with Gasteiger partial charge in [0.05, 0.1) is 0 Å². The van der Waals surface area contributed by atoms with Gasteiger partial charge in [-0.3, -0.25) is 4.79 Å². The van der Waals surface area contributed by atoms with E-state index in [0.717, 1.165) is 30.8 Å². The van der Waals surface area contributed by atoms with Crippen LogP contribution in [0.4, 0.5) is 5.69 Å². The highest BCUT2D eigenvalue weighted by Crippen LogP contribution is 2.11. The minimum Gasteiger partial charge on any atom is -0.372 e. The lowest BCUT2D eigenvalue weighted by Gasteiger charge is -2.11. The van der Waals surface area contributed by atoms with E-state index in [1.165, 1.54) is 7.11 Å². The normalized spacial score (nSPS) is 12.2. The van der Waals surface area contributed by atoms with Crippen LogP contribution in [0.15, 0.2) is 24.3 Å². The molecule has 18 heavy (non-hydrogen) atoms. The maximum Gasteiger partial charge on any atom is 0.253 e. The second-order valence-electron chi connectivity index (χ2n) is 4.24. The molecule has 0 fully saturated rings. The molecule has 1 aromatic carbocycles. The van der Waals surface area contributed by atoms with Crippen molar-refractivity contribution in [1.29, 1.82) is 0 Å². The fraction of sp³-hybridized carbons (Fsp3) is 0.500. The predicted molar refractivity (Wildman–Crippen MR) is 73.5 cm³/mol. The van der Waals surface area contributed by atoms with Crippen molar-refractivity contribution >= 4 is 11.6 Å². The summed E-state index contributed by atoms with van der Waals surface area (Å²) in [5.74, 6) is -0.129. The third-order valence-corrected chi connectivity index (χ3v) is 2.67. The molecule has 1 atom stereocenters. The van der Waals surface area contributed by atoms with Crippen LogP contribution in [-0.2, 0) is 16.1 Å². The first kappa shape index (κ1) is 14.7. The van der Waals surface area contributed by atoms with Crippen LogP contribution in [0.5, 0.6) is 0 Å². The van der Waals surface area contributed by atoms with Gasteiger partial charge in [-0.05, 0) is 37.6 Å². The van der Waals surface area contributed by atoms with Gasteiger partial charge in [0.2, 0.25) is 0 Å². The molecule has 0 heterocycles. The Kier molecular flexibility index (Phi) is 6.39. The molecule has 0 aliphatic heterocycles. The summed E-state index contributed by atoms with van der Waals surface area (Å²) in [5.41, 5.74) is 1.96. The zero-order valence-corrected chi connectivity index (χ0v) is 11.3. The number of carbonyl (C=O) groups is 1. The van der Waals surface area contributed by atoms with E-state index in [-0.39, 0.29) is 5.91 Å². The van der Waals surface area contributed by atoms with E-state index in [1.807, 2.05) is 24.3 Å². The number of ether oxygens (including phenoxy) is 1. The lowest BCUT2D eigenvalue weighted by molar-refractivity contribution is -0.124. The number of anilines is 1. The quantitative estimate of drug-likeness (QED) is 0.729. The maximum absolute atomic E-state index is 11.7. The molecule has 4 heteroatoms. The minimum atomic E-state index is -0.438. The Morgan fingerprint density at radius 3 is 2.89 bits per heavy atom. The van der Waals surface area contributed by atoms with E-state index in [2.05, 4.69) is 17.6 Å². The van der Waals surface area contributed by atoms with Crippen molar-refractivity contribution in [3.8, 4) is 0 Å². The molecule has 1 unspecified atom stereocenters. The van der Waals surface area contributed by atoms with E-state index in [1.54, 1.807) is 6.92 Å². The van der Waals surface area contributed by atoms with Gasteiger partial charge in [-0.1, -0.05) is 19.1 Å². The molecule has 1 aromatic rings. The lowest BCUT2D eigenvalue weighted by atomic mass is 10.2. The Morgan fingerprint density at radius 2 is 2.22 bits per heavy atom. The molecule has 0 saturated heterocycles. The highest BCUT2D eigenvalue weighted by Gasteiger charge is 2.11. The van der Waals surface area contributed by atoms with E-state index in [4.69, 9.17) is 4.74 Å². The van der Waals surface area contributed by atoms with E-state index in [9.17, 15) is 4.79 Å². The second kappa shape index (κ2) is 7.84. The van der Waals surface area contributed by atoms with Crippen molar-refractivity contribution in [1.82, 2.24) is 5.32 Å². The number of hydrogen-bond donors (Lipinski definition) is 2. The van der Waals surface area contributed by atoms with Crippen molar-refractivity contribution in [3.05, 3.63) is 29.8 Å². The Bertz CT molecular complexity index is 380. The Hall–Kier alpha value is -1.39. The summed E-state index contributed by atoms with van der Waals surface area (Å²) in [6.07, 6.45) is 0.675. The van der Waals surface area contributed by atoms with Crippen LogP contribution in [0.3, 0.4) is 0 Å². The molecule has 0 radical (unpaired) electrons. The van der Waals surface area contributed by atoms with Crippen molar-refractivity contribution in [2.24, 2.45) is 0 Å². The van der Waals surface area contributed by atoms with Crippen LogP contribution in [-0.4, -0.2) is 25.7 Å². The molecule has 4 nitrogen and oxygen atoms in total. The molecule has 0 aromatic heterocycles. The summed E-state index contributed by atoms with van der Waals surface area (Å²) in [6, 6.07) is 7.83. The molecule has 1 amide bonds. The number of nitrogens with one attached hydrogen (secondary N) is 2. The number of rotatable bonds is 7. The molecule has 0 aliphatic rings. The van der Waals surface area contributed by atoms with Crippen molar-refractivity contribution in [2.75, 3.05) is 19.0 Å². The molecule has 0 aliphatic carbocycles. The van der Waals surface area contributed by atoms with Crippen LogP contribution in [0.1, 0.15) is 25.8 Å². The maximum atomic E-state index is 11.7. The van der Waals surface area contributed by atoms with Crippen LogP contribution in [0.25, 0.3) is 0 Å². The van der Waals surface area contributed by atoms with Crippen LogP contribution in [0.2, 0.25) is 0 Å². The SMILES string of the molecule is CCCNCc1cccc(NC(=O)C(C)OC)c1. The summed E-state index contributed by atoms with van der Waals surface area (Å²) >= 11 is 0. The first-order valence-corrected chi connectivity index (χ1v) is 6.30. The van der Waals surface area contributed by atoms with Gasteiger partial charge in [0.1, 0.15) is 6.10 Å². The van der Waals surface area contributed by atoms with Crippen molar-refractivity contribution < 1.29 is 9.53 Å². The number of amides is 1. The first-order chi connectivity index (χ1) is 8.67. The highest BCUT2D eigenvalue weighted by atomic mass is 16.5. The third-order valence-electron chi connectivity index (χ3n) is 2.67. The van der Waals surface area contributed by atoms with E-state index >= 15 is 0 Å². The molecular weight excluding hydrogens is 228 g/mol. The smallest absolute Gasteiger partial charge is 0.253 e. The summed E-state index contributed by atoms with van der Waals surface area (Å²) in [6.45, 7) is 5.67. The van der Waals surface area contributed by atoms with Gasteiger partial charge in [0.15, 0.2) is 0 Å². The third kappa shape index (κ3) is 4.85. The Balaban J connectivity index is 2.56. The number of hydrogen-bond acceptors (Lipinski definition) is 3. The fourth-order valence-corrected chi connectivity index (χ4v) is 1.52. The molecule has 0 saturated carbocycles. The average molecular weight is 250 g/mol. The Labute approximate surface area is 109 Å². The topological polar surface area (TPSA) is 50.4 Å². The summed E-state index contributed by atoms with van der Waals surface area (Å²) in [4.78, 5) is 11.7. The second-order valence-corrected chi connectivity index (χ2v) is 4.24. The van der Waals surface area contributed by atoms with Crippen LogP contribution < -0.4 is 10.6 Å². The highest BCUT2D eigenvalue weighted by molar-refractivity contribution is 5.93. The van der Waals surface area contributed by atoms with Gasteiger partial charge < -0.3 is 15.4 Å². The Morgan fingerprint density at radius 1 is 1.44 bits per heavy atom. The van der Waals surface area contributed by atoms with Crippen LogP contribution >= 0.6 is 0 Å². The molecule has 0 bridgehead atoms. The lowest BCUT2D eigenvalue weighted by Crippen LogP contribution is -2.26. The molecule has 1 rings (SSSR count).